The SMILES string of the molecule is NOOC1=C2N(Cc3ccc(Cl)nc3)CCCN2CN(CCOCC(F)(F)F)C1. The average molecular weight is 438 g/mol. The number of hydrogen-bond acceptors (Lipinski definition) is 8. The first-order valence-electron chi connectivity index (χ1n) is 9.09. The Labute approximate surface area is 171 Å². The highest BCUT2D eigenvalue weighted by Crippen LogP contribution is 2.28. The van der Waals surface area contributed by atoms with Crippen LogP contribution in [-0.2, 0) is 21.2 Å². The van der Waals surface area contributed by atoms with E-state index in [1.54, 1.807) is 12.3 Å². The summed E-state index contributed by atoms with van der Waals surface area (Å²) < 4.78 is 41.4. The standard InChI is InChI=1S/C17H23ClF3N5O3/c18-15-3-2-13(8-23-15)9-25-4-1-5-26-12-24(6-7-27-11-17(19,20)21)10-14(16(25)26)28-29-22/h2-3,8H,1,4-7,9-12,22H2. The van der Waals surface area contributed by atoms with Crippen molar-refractivity contribution in [2.75, 3.05) is 46.1 Å². The van der Waals surface area contributed by atoms with Gasteiger partial charge < -0.3 is 19.4 Å². The third-order valence-corrected chi connectivity index (χ3v) is 4.79. The fourth-order valence-electron chi connectivity index (χ4n) is 3.45. The number of nitrogens with zero attached hydrogens (tertiary/aromatic N) is 4. The molecule has 162 valence electrons. The minimum atomic E-state index is -4.33. The van der Waals surface area contributed by atoms with E-state index in [1.807, 2.05) is 11.0 Å². The molecule has 29 heavy (non-hydrogen) atoms. The molecule has 3 heterocycles. The van der Waals surface area contributed by atoms with Crippen LogP contribution in [0.15, 0.2) is 29.9 Å². The Balaban J connectivity index is 1.67. The molecule has 0 radical (unpaired) electrons. The largest absolute Gasteiger partial charge is 0.411 e. The predicted molar refractivity (Wildman–Crippen MR) is 97.7 cm³/mol. The van der Waals surface area contributed by atoms with Crippen molar-refractivity contribution in [2.24, 2.45) is 5.90 Å². The Morgan fingerprint density at radius 3 is 2.76 bits per heavy atom. The number of ether oxygens (including phenoxy) is 1. The third kappa shape index (κ3) is 6.34. The Morgan fingerprint density at radius 2 is 2.07 bits per heavy atom. The van der Waals surface area contributed by atoms with E-state index in [9.17, 15) is 13.2 Å². The number of pyridine rings is 1. The van der Waals surface area contributed by atoms with Crippen LogP contribution in [0.2, 0.25) is 5.15 Å². The highest BCUT2D eigenvalue weighted by molar-refractivity contribution is 6.29. The van der Waals surface area contributed by atoms with Gasteiger partial charge in [0.25, 0.3) is 0 Å². The summed E-state index contributed by atoms with van der Waals surface area (Å²) in [6, 6.07) is 3.64. The lowest BCUT2D eigenvalue weighted by Crippen LogP contribution is -2.53. The summed E-state index contributed by atoms with van der Waals surface area (Å²) in [6.07, 6.45) is -1.70. The van der Waals surface area contributed by atoms with Crippen LogP contribution in [0.4, 0.5) is 13.2 Å². The van der Waals surface area contributed by atoms with Crippen LogP contribution in [0.5, 0.6) is 0 Å². The van der Waals surface area contributed by atoms with Gasteiger partial charge in [0.2, 0.25) is 0 Å². The van der Waals surface area contributed by atoms with Crippen molar-refractivity contribution < 1.29 is 27.8 Å². The van der Waals surface area contributed by atoms with Crippen molar-refractivity contribution >= 4 is 11.6 Å². The second-order valence-corrected chi connectivity index (χ2v) is 7.20. The summed E-state index contributed by atoms with van der Waals surface area (Å²) >= 11 is 5.85. The molecule has 0 aliphatic carbocycles. The third-order valence-electron chi connectivity index (χ3n) is 4.57. The molecule has 1 aromatic rings. The molecule has 8 nitrogen and oxygen atoms in total. The molecular weight excluding hydrogens is 415 g/mol. The van der Waals surface area contributed by atoms with Gasteiger partial charge in [-0.2, -0.15) is 19.1 Å². The van der Waals surface area contributed by atoms with E-state index < -0.39 is 12.8 Å². The molecular formula is C17H23ClF3N5O3. The zero-order valence-electron chi connectivity index (χ0n) is 15.7. The molecule has 2 aliphatic rings. The van der Waals surface area contributed by atoms with Gasteiger partial charge in [0.1, 0.15) is 17.6 Å². The fraction of sp³-hybridized carbons (Fsp3) is 0.588. The normalized spacial score (nSPS) is 18.2. The Bertz CT molecular complexity index is 705. The zero-order valence-corrected chi connectivity index (χ0v) is 16.5. The van der Waals surface area contributed by atoms with Crippen LogP contribution in [0.1, 0.15) is 12.0 Å². The minimum absolute atomic E-state index is 0.0421. The second-order valence-electron chi connectivity index (χ2n) is 6.82. The van der Waals surface area contributed by atoms with Crippen LogP contribution in [0, 0.1) is 0 Å². The van der Waals surface area contributed by atoms with Crippen LogP contribution in [-0.4, -0.2) is 71.9 Å². The van der Waals surface area contributed by atoms with Crippen molar-refractivity contribution in [1.29, 1.82) is 0 Å². The van der Waals surface area contributed by atoms with Crippen LogP contribution < -0.4 is 5.90 Å². The van der Waals surface area contributed by atoms with E-state index in [2.05, 4.69) is 19.8 Å². The molecule has 3 rings (SSSR count). The van der Waals surface area contributed by atoms with Crippen molar-refractivity contribution in [3.63, 3.8) is 0 Å². The van der Waals surface area contributed by atoms with Gasteiger partial charge in [-0.3, -0.25) is 4.90 Å². The lowest BCUT2D eigenvalue weighted by molar-refractivity contribution is -0.275. The summed E-state index contributed by atoms with van der Waals surface area (Å²) in [4.78, 5) is 19.9. The maximum atomic E-state index is 12.2. The van der Waals surface area contributed by atoms with Crippen molar-refractivity contribution in [3.05, 3.63) is 40.6 Å². The Morgan fingerprint density at radius 1 is 1.24 bits per heavy atom. The van der Waals surface area contributed by atoms with E-state index in [4.69, 9.17) is 27.1 Å². The van der Waals surface area contributed by atoms with Gasteiger partial charge >= 0.3 is 6.18 Å². The summed E-state index contributed by atoms with van der Waals surface area (Å²) in [7, 11) is 0. The zero-order chi connectivity index (χ0) is 20.9. The summed E-state index contributed by atoms with van der Waals surface area (Å²) in [6.45, 7) is 2.08. The highest BCUT2D eigenvalue weighted by Gasteiger charge is 2.34. The first kappa shape index (κ1) is 21.9. The van der Waals surface area contributed by atoms with Gasteiger partial charge in [-0.25, -0.2) is 4.98 Å². The molecule has 0 spiro atoms. The number of hydrogen-bond donors (Lipinski definition) is 1. The molecule has 2 N–H and O–H groups in total. The topological polar surface area (TPSA) is 76.3 Å². The molecule has 0 atom stereocenters. The van der Waals surface area contributed by atoms with Crippen LogP contribution >= 0.6 is 11.6 Å². The molecule has 0 bridgehead atoms. The molecule has 2 aliphatic heterocycles. The molecule has 0 amide bonds. The van der Waals surface area contributed by atoms with Crippen molar-refractivity contribution in [1.82, 2.24) is 19.7 Å². The van der Waals surface area contributed by atoms with E-state index in [0.29, 0.717) is 37.2 Å². The van der Waals surface area contributed by atoms with Gasteiger partial charge in [0, 0.05) is 32.4 Å². The van der Waals surface area contributed by atoms with Gasteiger partial charge in [-0.1, -0.05) is 22.7 Å². The highest BCUT2D eigenvalue weighted by atomic mass is 35.5. The Hall–Kier alpha value is -1.79. The number of aromatic nitrogens is 1. The maximum Gasteiger partial charge on any atom is 0.411 e. The van der Waals surface area contributed by atoms with Gasteiger partial charge in [0.05, 0.1) is 19.8 Å². The number of nitrogens with two attached hydrogens (primary N) is 1. The van der Waals surface area contributed by atoms with E-state index >= 15 is 0 Å². The maximum absolute atomic E-state index is 12.2. The molecule has 0 aromatic carbocycles. The van der Waals surface area contributed by atoms with Gasteiger partial charge in [-0.15, -0.1) is 0 Å². The van der Waals surface area contributed by atoms with E-state index in [-0.39, 0.29) is 6.61 Å². The molecule has 1 fully saturated rings. The summed E-state index contributed by atoms with van der Waals surface area (Å²) in [5.74, 6) is 6.47. The first-order valence-corrected chi connectivity index (χ1v) is 9.47. The molecule has 1 saturated heterocycles. The number of alkyl halides is 3. The van der Waals surface area contributed by atoms with E-state index in [1.165, 1.54) is 0 Å². The van der Waals surface area contributed by atoms with E-state index in [0.717, 1.165) is 30.9 Å². The second kappa shape index (κ2) is 9.81. The van der Waals surface area contributed by atoms with Gasteiger partial charge in [-0.05, 0) is 18.1 Å². The molecule has 12 heteroatoms. The number of fused-ring (bicyclic) bond motifs is 1. The van der Waals surface area contributed by atoms with Gasteiger partial charge in [0.15, 0.2) is 5.76 Å². The number of rotatable bonds is 8. The van der Waals surface area contributed by atoms with Crippen LogP contribution in [0.25, 0.3) is 0 Å². The molecule has 0 unspecified atom stereocenters. The monoisotopic (exact) mass is 437 g/mol. The fourth-order valence-corrected chi connectivity index (χ4v) is 3.56. The average Bonchev–Trinajstić information content (AvgIpc) is 2.66. The smallest absolute Gasteiger partial charge is 0.371 e. The van der Waals surface area contributed by atoms with Crippen molar-refractivity contribution in [3.8, 4) is 0 Å². The summed E-state index contributed by atoms with van der Waals surface area (Å²) in [5.41, 5.74) is 0.986. The molecule has 0 saturated carbocycles. The van der Waals surface area contributed by atoms with Crippen molar-refractivity contribution in [2.45, 2.75) is 19.1 Å². The quantitative estimate of drug-likeness (QED) is 0.287. The lowest BCUT2D eigenvalue weighted by atomic mass is 10.1. The first-order chi connectivity index (χ1) is 13.9. The minimum Gasteiger partial charge on any atom is -0.371 e. The summed E-state index contributed by atoms with van der Waals surface area (Å²) in [5, 5.41) is 0.426. The lowest BCUT2D eigenvalue weighted by Gasteiger charge is -2.46. The molecule has 1 aromatic heterocycles. The number of halogens is 4. The van der Waals surface area contributed by atoms with Crippen LogP contribution in [0.3, 0.4) is 0 Å². The predicted octanol–water partition coefficient (Wildman–Crippen LogP) is 2.09. The Kier molecular flexibility index (Phi) is 7.41.